The van der Waals surface area contributed by atoms with E-state index in [1.165, 1.54) is 0 Å². The summed E-state index contributed by atoms with van der Waals surface area (Å²) in [5.41, 5.74) is -0.234. The summed E-state index contributed by atoms with van der Waals surface area (Å²) in [6.45, 7) is 3.37. The first-order valence-corrected chi connectivity index (χ1v) is 5.26. The summed E-state index contributed by atoms with van der Waals surface area (Å²) in [5.74, 6) is -19.0. The van der Waals surface area contributed by atoms with Crippen molar-refractivity contribution in [3.8, 4) is 0 Å². The third-order valence-corrected chi connectivity index (χ3v) is 2.91. The van der Waals surface area contributed by atoms with Crippen LogP contribution in [-0.2, 0) is 4.79 Å². The molecule has 1 saturated heterocycles. The van der Waals surface area contributed by atoms with E-state index in [0.717, 1.165) is 6.92 Å². The van der Waals surface area contributed by atoms with Crippen molar-refractivity contribution >= 4 is 5.91 Å². The maximum atomic E-state index is 13.4. The molecule has 116 valence electrons. The van der Waals surface area contributed by atoms with E-state index in [9.17, 15) is 39.9 Å². The Bertz CT molecular complexity index is 433. The Balaban J connectivity index is 3.01. The van der Waals surface area contributed by atoms with E-state index in [2.05, 4.69) is 6.58 Å². The van der Waals surface area contributed by atoms with Gasteiger partial charge < -0.3 is 0 Å². The van der Waals surface area contributed by atoms with Crippen molar-refractivity contribution < 1.29 is 44.8 Å². The third kappa shape index (κ3) is 2.29. The predicted octanol–water partition coefficient (Wildman–Crippen LogP) is 1.53. The van der Waals surface area contributed by atoms with E-state index < -0.39 is 47.6 Å². The van der Waals surface area contributed by atoms with Gasteiger partial charge in [-0.25, -0.2) is 13.6 Å². The van der Waals surface area contributed by atoms with E-state index >= 15 is 0 Å². The van der Waals surface area contributed by atoms with Crippen molar-refractivity contribution in [2.75, 3.05) is 6.54 Å². The zero-order valence-electron chi connectivity index (χ0n) is 10.0. The minimum absolute atomic E-state index is 0.234. The summed E-state index contributed by atoms with van der Waals surface area (Å²) >= 11 is 0. The molecular weight excluding hydrogens is 302 g/mol. The molecule has 2 unspecified atom stereocenters. The molecule has 0 aliphatic carbocycles. The van der Waals surface area contributed by atoms with Gasteiger partial charge in [0.25, 0.3) is 0 Å². The molecule has 10 heteroatoms. The summed E-state index contributed by atoms with van der Waals surface area (Å²) in [6, 6.07) is -2.48. The van der Waals surface area contributed by atoms with Crippen LogP contribution in [0.1, 0.15) is 6.92 Å². The summed E-state index contributed by atoms with van der Waals surface area (Å²) in [7, 11) is 0. The first-order chi connectivity index (χ1) is 8.78. The Morgan fingerprint density at radius 3 is 2.00 bits per heavy atom. The van der Waals surface area contributed by atoms with Gasteiger partial charge in [0.1, 0.15) is 6.54 Å². The number of carbonyl (C=O) groups excluding carboxylic acids is 1. The van der Waals surface area contributed by atoms with Crippen LogP contribution in [0.4, 0.5) is 35.1 Å². The number of alkyl halides is 8. The predicted molar refractivity (Wildman–Crippen MR) is 50.3 cm³/mol. The second-order valence-electron chi connectivity index (χ2n) is 4.51. The van der Waals surface area contributed by atoms with Crippen molar-refractivity contribution in [1.29, 1.82) is 0 Å². The summed E-state index contributed by atoms with van der Waals surface area (Å²) in [4.78, 5) is 10.5. The van der Waals surface area contributed by atoms with E-state index in [1.54, 1.807) is 0 Å². The van der Waals surface area contributed by atoms with E-state index in [4.69, 9.17) is 0 Å². The van der Waals surface area contributed by atoms with E-state index in [0.29, 0.717) is 0 Å². The first kappa shape index (κ1) is 16.9. The molecule has 0 aromatic carbocycles. The van der Waals surface area contributed by atoms with Gasteiger partial charge in [0.2, 0.25) is 6.04 Å². The van der Waals surface area contributed by atoms with Crippen LogP contribution in [-0.4, -0.2) is 42.7 Å². The van der Waals surface area contributed by atoms with Gasteiger partial charge in [-0.3, -0.25) is 4.90 Å². The number of halogens is 8. The number of hydrogen-bond acceptors (Lipinski definition) is 1. The van der Waals surface area contributed by atoms with Crippen LogP contribution in [0.3, 0.4) is 0 Å². The molecule has 0 saturated carbocycles. The van der Waals surface area contributed by atoms with Crippen molar-refractivity contribution in [2.45, 2.75) is 37.2 Å². The van der Waals surface area contributed by atoms with Gasteiger partial charge in [-0.05, 0) is 6.92 Å². The molecular formula is C10H10F8NO+. The number of hydrogen-bond donors (Lipinski definition) is 1. The molecule has 2 atom stereocenters. The summed E-state index contributed by atoms with van der Waals surface area (Å²) in [6.07, 6.45) is -4.96. The van der Waals surface area contributed by atoms with Crippen LogP contribution in [0, 0.1) is 0 Å². The first-order valence-electron chi connectivity index (χ1n) is 5.26. The fourth-order valence-corrected chi connectivity index (χ4v) is 1.61. The van der Waals surface area contributed by atoms with Gasteiger partial charge in [-0.1, -0.05) is 6.58 Å². The quantitative estimate of drug-likeness (QED) is 0.464. The molecule has 2 nitrogen and oxygen atoms in total. The van der Waals surface area contributed by atoms with Crippen LogP contribution in [0.15, 0.2) is 12.2 Å². The van der Waals surface area contributed by atoms with Crippen molar-refractivity contribution in [3.63, 3.8) is 0 Å². The normalized spacial score (nSPS) is 23.9. The fourth-order valence-electron chi connectivity index (χ4n) is 1.61. The Kier molecular flexibility index (Phi) is 3.94. The smallest absolute Gasteiger partial charge is 0.250 e. The molecule has 0 aromatic heterocycles. The summed E-state index contributed by atoms with van der Waals surface area (Å²) < 4.78 is 102. The fraction of sp³-hybridized carbons (Fsp3) is 0.700. The van der Waals surface area contributed by atoms with Gasteiger partial charge in [0.15, 0.2) is 0 Å². The molecule has 1 fully saturated rings. The number of carbonyl (C=O) groups is 1. The minimum atomic E-state index is -6.27. The molecule has 0 bridgehead atoms. The average molecular weight is 312 g/mol. The molecule has 1 aliphatic heterocycles. The Labute approximate surface area is 108 Å². The SMILES string of the molecule is C=C(C)C(=O)[NH+]1CC1C(F)(F)C(F)(F)C(F)(F)C(F)F. The number of quaternary nitrogens is 1. The minimum Gasteiger partial charge on any atom is -0.250 e. The maximum Gasteiger partial charge on any atom is 0.384 e. The lowest BCUT2D eigenvalue weighted by atomic mass is 10.0. The lowest BCUT2D eigenvalue weighted by Crippen LogP contribution is -3.00. The summed E-state index contributed by atoms with van der Waals surface area (Å²) in [5, 5.41) is 0. The zero-order chi connectivity index (χ0) is 16.1. The van der Waals surface area contributed by atoms with Crippen molar-refractivity contribution in [3.05, 3.63) is 12.2 Å². The van der Waals surface area contributed by atoms with E-state index in [-0.39, 0.29) is 5.57 Å². The van der Waals surface area contributed by atoms with Gasteiger partial charge in [-0.15, -0.1) is 0 Å². The van der Waals surface area contributed by atoms with Gasteiger partial charge in [0.05, 0.1) is 0 Å². The Morgan fingerprint density at radius 2 is 1.65 bits per heavy atom. The standard InChI is InChI=1S/C10H9F8NO/c1-4(2)6(20)19-3-5(19)8(13,14)10(17,18)9(15,16)7(11)12/h5,7H,1,3H2,2H3/p+1. The monoisotopic (exact) mass is 312 g/mol. The molecule has 20 heavy (non-hydrogen) atoms. The topological polar surface area (TPSA) is 21.5 Å². The van der Waals surface area contributed by atoms with Gasteiger partial charge in [-0.2, -0.15) is 26.3 Å². The second-order valence-corrected chi connectivity index (χ2v) is 4.51. The molecule has 1 rings (SSSR count). The third-order valence-electron chi connectivity index (χ3n) is 2.91. The number of amides is 1. The van der Waals surface area contributed by atoms with Crippen LogP contribution in [0.5, 0.6) is 0 Å². The number of nitrogens with one attached hydrogen (secondary N) is 1. The molecule has 1 N–H and O–H groups in total. The molecule has 0 spiro atoms. The van der Waals surface area contributed by atoms with Crippen LogP contribution in [0.25, 0.3) is 0 Å². The zero-order valence-corrected chi connectivity index (χ0v) is 10.0. The molecule has 1 heterocycles. The largest absolute Gasteiger partial charge is 0.384 e. The highest BCUT2D eigenvalue weighted by molar-refractivity contribution is 5.85. The van der Waals surface area contributed by atoms with E-state index in [1.807, 2.05) is 0 Å². The highest BCUT2D eigenvalue weighted by Crippen LogP contribution is 2.50. The van der Waals surface area contributed by atoms with Crippen LogP contribution in [0.2, 0.25) is 0 Å². The average Bonchev–Trinajstić information content (AvgIpc) is 3.07. The molecule has 0 radical (unpaired) electrons. The number of rotatable bonds is 5. The van der Waals surface area contributed by atoms with Crippen molar-refractivity contribution in [1.82, 2.24) is 0 Å². The van der Waals surface area contributed by atoms with Gasteiger partial charge in [0, 0.05) is 5.57 Å². The van der Waals surface area contributed by atoms with Crippen molar-refractivity contribution in [2.24, 2.45) is 0 Å². The molecule has 1 aliphatic rings. The molecule has 1 amide bonds. The lowest BCUT2D eigenvalue weighted by molar-refractivity contribution is -0.697. The lowest BCUT2D eigenvalue weighted by Gasteiger charge is -2.30. The highest BCUT2D eigenvalue weighted by atomic mass is 19.4. The Hall–Kier alpha value is -1.19. The van der Waals surface area contributed by atoms with Crippen LogP contribution < -0.4 is 4.90 Å². The molecule has 0 aromatic rings. The Morgan fingerprint density at radius 1 is 1.20 bits per heavy atom. The van der Waals surface area contributed by atoms with Crippen LogP contribution >= 0.6 is 0 Å². The second kappa shape index (κ2) is 4.68. The highest BCUT2D eigenvalue weighted by Gasteiger charge is 2.83. The maximum absolute atomic E-state index is 13.4. The van der Waals surface area contributed by atoms with Gasteiger partial charge >= 0.3 is 30.1 Å².